The minimum atomic E-state index is -0.807. The molecular formula is C21H21F2N3OS. The van der Waals surface area contributed by atoms with Gasteiger partial charge < -0.3 is 5.32 Å². The average molecular weight is 401 g/mol. The Kier molecular flexibility index (Phi) is 6.14. The van der Waals surface area contributed by atoms with Crippen molar-refractivity contribution in [2.75, 3.05) is 5.32 Å². The van der Waals surface area contributed by atoms with Gasteiger partial charge in [0.15, 0.2) is 5.16 Å². The Morgan fingerprint density at radius 3 is 2.43 bits per heavy atom. The van der Waals surface area contributed by atoms with Gasteiger partial charge >= 0.3 is 0 Å². The molecule has 0 saturated carbocycles. The van der Waals surface area contributed by atoms with E-state index >= 15 is 0 Å². The molecule has 3 rings (SSSR count). The lowest BCUT2D eigenvalue weighted by Crippen LogP contribution is -2.24. The highest BCUT2D eigenvalue weighted by Gasteiger charge is 2.21. The van der Waals surface area contributed by atoms with Crippen molar-refractivity contribution in [3.8, 4) is 5.69 Å². The standard InChI is InChI=1S/C21H21F2N3OS/c1-13(2)15-7-4-5-10-18(15)26-12-11-24-21(26)28-14(3)20(27)25-19-16(22)8-6-9-17(19)23/h4-14H,1-3H3,(H,25,27). The Balaban J connectivity index is 1.80. The molecule has 2 aromatic carbocycles. The fourth-order valence-electron chi connectivity index (χ4n) is 2.81. The van der Waals surface area contributed by atoms with E-state index in [0.29, 0.717) is 11.1 Å². The van der Waals surface area contributed by atoms with Crippen LogP contribution in [0.25, 0.3) is 5.69 Å². The molecule has 0 saturated heterocycles. The lowest BCUT2D eigenvalue weighted by Gasteiger charge is -2.17. The maximum Gasteiger partial charge on any atom is 0.237 e. The Hall–Kier alpha value is -2.67. The molecule has 1 N–H and O–H groups in total. The van der Waals surface area contributed by atoms with Gasteiger partial charge in [0.1, 0.15) is 17.3 Å². The minimum Gasteiger partial charge on any atom is -0.320 e. The number of aromatic nitrogens is 2. The summed E-state index contributed by atoms with van der Waals surface area (Å²) in [6, 6.07) is 11.5. The van der Waals surface area contributed by atoms with Crippen LogP contribution in [0.1, 0.15) is 32.3 Å². The van der Waals surface area contributed by atoms with Gasteiger partial charge in [0, 0.05) is 12.4 Å². The summed E-state index contributed by atoms with van der Waals surface area (Å²) in [5, 5.41) is 2.36. The van der Waals surface area contributed by atoms with Crippen molar-refractivity contribution in [1.82, 2.24) is 9.55 Å². The molecule has 0 aliphatic rings. The van der Waals surface area contributed by atoms with Crippen molar-refractivity contribution >= 4 is 23.4 Å². The SMILES string of the molecule is CC(Sc1nccn1-c1ccccc1C(C)C)C(=O)Nc1c(F)cccc1F. The average Bonchev–Trinajstić information content (AvgIpc) is 3.12. The van der Waals surface area contributed by atoms with E-state index in [1.807, 2.05) is 29.0 Å². The first-order valence-corrected chi connectivity index (χ1v) is 9.80. The molecule has 1 atom stereocenters. The second-order valence-electron chi connectivity index (χ2n) is 6.64. The molecule has 1 aromatic heterocycles. The monoisotopic (exact) mass is 401 g/mol. The fourth-order valence-corrected chi connectivity index (χ4v) is 3.69. The number of benzene rings is 2. The Bertz CT molecular complexity index is 967. The van der Waals surface area contributed by atoms with Crippen LogP contribution >= 0.6 is 11.8 Å². The third-order valence-corrected chi connectivity index (χ3v) is 5.37. The normalized spacial score (nSPS) is 12.2. The summed E-state index contributed by atoms with van der Waals surface area (Å²) in [6.07, 6.45) is 3.51. The van der Waals surface area contributed by atoms with E-state index in [1.54, 1.807) is 13.1 Å². The highest BCUT2D eigenvalue weighted by atomic mass is 32.2. The summed E-state index contributed by atoms with van der Waals surface area (Å²) in [6.45, 7) is 5.90. The highest BCUT2D eigenvalue weighted by molar-refractivity contribution is 8.00. The van der Waals surface area contributed by atoms with E-state index in [-0.39, 0.29) is 0 Å². The molecule has 4 nitrogen and oxygen atoms in total. The first-order chi connectivity index (χ1) is 13.4. The molecule has 1 amide bonds. The zero-order valence-corrected chi connectivity index (χ0v) is 16.6. The van der Waals surface area contributed by atoms with Crippen molar-refractivity contribution < 1.29 is 13.6 Å². The maximum absolute atomic E-state index is 13.8. The molecule has 0 radical (unpaired) electrons. The van der Waals surface area contributed by atoms with Gasteiger partial charge in [-0.05, 0) is 36.6 Å². The van der Waals surface area contributed by atoms with Gasteiger partial charge in [0.25, 0.3) is 0 Å². The number of rotatable bonds is 6. The van der Waals surface area contributed by atoms with Gasteiger partial charge in [-0.2, -0.15) is 0 Å². The van der Waals surface area contributed by atoms with E-state index in [9.17, 15) is 13.6 Å². The largest absolute Gasteiger partial charge is 0.320 e. The third kappa shape index (κ3) is 4.25. The van der Waals surface area contributed by atoms with Gasteiger partial charge in [0.2, 0.25) is 5.91 Å². The van der Waals surface area contributed by atoms with Crippen molar-refractivity contribution in [3.05, 3.63) is 72.1 Å². The van der Waals surface area contributed by atoms with Gasteiger partial charge in [-0.3, -0.25) is 9.36 Å². The number of amides is 1. The van der Waals surface area contributed by atoms with Crippen LogP contribution in [0.5, 0.6) is 0 Å². The van der Waals surface area contributed by atoms with Crippen LogP contribution in [-0.2, 0) is 4.79 Å². The van der Waals surface area contributed by atoms with Gasteiger partial charge in [0.05, 0.1) is 10.9 Å². The van der Waals surface area contributed by atoms with Crippen LogP contribution in [0.2, 0.25) is 0 Å². The summed E-state index contributed by atoms with van der Waals surface area (Å²) >= 11 is 1.23. The number of hydrogen-bond donors (Lipinski definition) is 1. The number of nitrogens with one attached hydrogen (secondary N) is 1. The van der Waals surface area contributed by atoms with Gasteiger partial charge in [-0.15, -0.1) is 0 Å². The van der Waals surface area contributed by atoms with Crippen molar-refractivity contribution in [3.63, 3.8) is 0 Å². The van der Waals surface area contributed by atoms with Crippen LogP contribution in [-0.4, -0.2) is 20.7 Å². The van der Waals surface area contributed by atoms with Crippen molar-refractivity contribution in [1.29, 1.82) is 0 Å². The molecule has 7 heteroatoms. The first-order valence-electron chi connectivity index (χ1n) is 8.92. The van der Waals surface area contributed by atoms with Gasteiger partial charge in [-0.25, -0.2) is 13.8 Å². The number of nitrogens with zero attached hydrogens (tertiary/aromatic N) is 2. The summed E-state index contributed by atoms with van der Waals surface area (Å²) in [7, 11) is 0. The maximum atomic E-state index is 13.8. The number of carbonyl (C=O) groups is 1. The predicted molar refractivity (Wildman–Crippen MR) is 108 cm³/mol. The van der Waals surface area contributed by atoms with Crippen LogP contribution in [0, 0.1) is 11.6 Å². The molecule has 146 valence electrons. The predicted octanol–water partition coefficient (Wildman–Crippen LogP) is 5.39. The van der Waals surface area contributed by atoms with E-state index < -0.39 is 28.5 Å². The van der Waals surface area contributed by atoms with Crippen molar-refractivity contribution in [2.24, 2.45) is 0 Å². The van der Waals surface area contributed by atoms with Crippen LogP contribution in [0.3, 0.4) is 0 Å². The number of para-hydroxylation sites is 2. The van der Waals surface area contributed by atoms with Crippen LogP contribution in [0.15, 0.2) is 60.0 Å². The van der Waals surface area contributed by atoms with Crippen molar-refractivity contribution in [2.45, 2.75) is 37.1 Å². The topological polar surface area (TPSA) is 46.9 Å². The van der Waals surface area contributed by atoms with Crippen LogP contribution in [0.4, 0.5) is 14.5 Å². The smallest absolute Gasteiger partial charge is 0.237 e. The third-order valence-electron chi connectivity index (χ3n) is 4.29. The van der Waals surface area contributed by atoms with E-state index in [0.717, 1.165) is 23.4 Å². The van der Waals surface area contributed by atoms with E-state index in [2.05, 4.69) is 30.2 Å². The molecule has 0 aliphatic heterocycles. The zero-order valence-electron chi connectivity index (χ0n) is 15.8. The zero-order chi connectivity index (χ0) is 20.3. The van der Waals surface area contributed by atoms with E-state index in [1.165, 1.54) is 17.8 Å². The Labute approximate surface area is 167 Å². The fraction of sp³-hybridized carbons (Fsp3) is 0.238. The van der Waals surface area contributed by atoms with Crippen LogP contribution < -0.4 is 5.32 Å². The molecule has 1 unspecified atom stereocenters. The molecule has 28 heavy (non-hydrogen) atoms. The quantitative estimate of drug-likeness (QED) is 0.563. The minimum absolute atomic E-state index is 0.321. The Morgan fingerprint density at radius 1 is 1.07 bits per heavy atom. The molecule has 0 aliphatic carbocycles. The van der Waals surface area contributed by atoms with Gasteiger partial charge in [-0.1, -0.05) is 49.9 Å². The number of halogens is 2. The lowest BCUT2D eigenvalue weighted by molar-refractivity contribution is -0.115. The highest BCUT2D eigenvalue weighted by Crippen LogP contribution is 2.29. The number of thioether (sulfide) groups is 1. The number of imidazole rings is 1. The lowest BCUT2D eigenvalue weighted by atomic mass is 10.0. The molecule has 0 bridgehead atoms. The molecule has 0 fully saturated rings. The Morgan fingerprint density at radius 2 is 1.75 bits per heavy atom. The number of anilines is 1. The summed E-state index contributed by atoms with van der Waals surface area (Å²) in [5.74, 6) is -1.79. The summed E-state index contributed by atoms with van der Waals surface area (Å²) < 4.78 is 29.5. The molecule has 1 heterocycles. The summed E-state index contributed by atoms with van der Waals surface area (Å²) in [5.41, 5.74) is 1.71. The molecule has 0 spiro atoms. The molecular weight excluding hydrogens is 380 g/mol. The number of carbonyl (C=O) groups excluding carboxylic acids is 1. The number of hydrogen-bond acceptors (Lipinski definition) is 3. The van der Waals surface area contributed by atoms with E-state index in [4.69, 9.17) is 0 Å². The first kappa shape index (κ1) is 20.1. The second kappa shape index (κ2) is 8.56. The second-order valence-corrected chi connectivity index (χ2v) is 7.95. The molecule has 3 aromatic rings. The summed E-state index contributed by atoms with van der Waals surface area (Å²) in [4.78, 5) is 16.8.